The second-order valence-corrected chi connectivity index (χ2v) is 5.13. The zero-order valence-corrected chi connectivity index (χ0v) is 11.1. The van der Waals surface area contributed by atoms with Crippen LogP contribution in [0, 0.1) is 0 Å². The molecule has 0 aliphatic rings. The summed E-state index contributed by atoms with van der Waals surface area (Å²) in [7, 11) is 1.94. The summed E-state index contributed by atoms with van der Waals surface area (Å²) < 4.78 is 0. The van der Waals surface area contributed by atoms with Crippen molar-refractivity contribution in [3.05, 3.63) is 48.5 Å². The lowest BCUT2D eigenvalue weighted by Gasteiger charge is -2.06. The first kappa shape index (κ1) is 12.1. The first-order valence-corrected chi connectivity index (χ1v) is 6.83. The van der Waals surface area contributed by atoms with Crippen LogP contribution in [0.25, 0.3) is 11.1 Å². The first-order valence-electron chi connectivity index (χ1n) is 5.84. The Morgan fingerprint density at radius 1 is 1.00 bits per heavy atom. The van der Waals surface area contributed by atoms with Crippen molar-refractivity contribution in [2.24, 2.45) is 0 Å². The topological polar surface area (TPSA) is 12.0 Å². The zero-order valence-electron chi connectivity index (χ0n) is 10.2. The number of anilines is 1. The summed E-state index contributed by atoms with van der Waals surface area (Å²) in [6, 6.07) is 17.2. The van der Waals surface area contributed by atoms with Gasteiger partial charge >= 0.3 is 0 Å². The second-order valence-electron chi connectivity index (χ2n) is 3.79. The Morgan fingerprint density at radius 3 is 2.41 bits per heavy atom. The Morgan fingerprint density at radius 2 is 1.76 bits per heavy atom. The predicted octanol–water partition coefficient (Wildman–Crippen LogP) is 4.51. The number of hydrogen-bond acceptors (Lipinski definition) is 2. The molecular formula is C15H17NS. The highest BCUT2D eigenvalue weighted by atomic mass is 32.2. The molecule has 1 nitrogen and oxygen atoms in total. The number of hydrogen-bond donors (Lipinski definition) is 1. The normalized spacial score (nSPS) is 10.2. The van der Waals surface area contributed by atoms with E-state index in [9.17, 15) is 0 Å². The molecule has 0 amide bonds. The molecule has 0 spiro atoms. The van der Waals surface area contributed by atoms with Crippen molar-refractivity contribution in [3.63, 3.8) is 0 Å². The van der Waals surface area contributed by atoms with Crippen molar-refractivity contribution in [3.8, 4) is 11.1 Å². The fraction of sp³-hybridized carbons (Fsp3) is 0.200. The van der Waals surface area contributed by atoms with E-state index in [1.807, 2.05) is 18.8 Å². The lowest BCUT2D eigenvalue weighted by Crippen LogP contribution is -1.87. The van der Waals surface area contributed by atoms with Gasteiger partial charge in [0.2, 0.25) is 0 Å². The standard InChI is InChI=1S/C15H17NS/c1-3-17-15-9-7-12(8-10-15)13-5-4-6-14(11-13)16-2/h4-11,16H,3H2,1-2H3. The molecule has 0 heterocycles. The third kappa shape index (κ3) is 3.04. The third-order valence-corrected chi connectivity index (χ3v) is 3.54. The van der Waals surface area contributed by atoms with Crippen LogP contribution >= 0.6 is 11.8 Å². The molecule has 0 saturated heterocycles. The van der Waals surface area contributed by atoms with Crippen LogP contribution in [0.3, 0.4) is 0 Å². The minimum atomic E-state index is 1.12. The lowest BCUT2D eigenvalue weighted by atomic mass is 10.1. The van der Waals surface area contributed by atoms with E-state index >= 15 is 0 Å². The smallest absolute Gasteiger partial charge is 0.0343 e. The second kappa shape index (κ2) is 5.78. The van der Waals surface area contributed by atoms with Crippen molar-refractivity contribution < 1.29 is 0 Å². The third-order valence-electron chi connectivity index (χ3n) is 2.65. The fourth-order valence-corrected chi connectivity index (χ4v) is 2.43. The maximum absolute atomic E-state index is 3.16. The highest BCUT2D eigenvalue weighted by Gasteiger charge is 1.99. The van der Waals surface area contributed by atoms with Crippen molar-refractivity contribution in [2.45, 2.75) is 11.8 Å². The quantitative estimate of drug-likeness (QED) is 0.793. The van der Waals surface area contributed by atoms with E-state index in [-0.39, 0.29) is 0 Å². The molecule has 0 aliphatic carbocycles. The van der Waals surface area contributed by atoms with E-state index in [2.05, 4.69) is 60.8 Å². The van der Waals surface area contributed by atoms with E-state index in [1.165, 1.54) is 16.0 Å². The van der Waals surface area contributed by atoms with Gasteiger partial charge in [0, 0.05) is 17.6 Å². The van der Waals surface area contributed by atoms with Crippen LogP contribution in [0.1, 0.15) is 6.92 Å². The van der Waals surface area contributed by atoms with Gasteiger partial charge in [-0.05, 0) is 41.1 Å². The van der Waals surface area contributed by atoms with Gasteiger partial charge in [-0.2, -0.15) is 0 Å². The van der Waals surface area contributed by atoms with E-state index in [4.69, 9.17) is 0 Å². The van der Waals surface area contributed by atoms with Crippen LogP contribution in [-0.2, 0) is 0 Å². The minimum Gasteiger partial charge on any atom is -0.388 e. The van der Waals surface area contributed by atoms with Gasteiger partial charge in [0.05, 0.1) is 0 Å². The van der Waals surface area contributed by atoms with Crippen molar-refractivity contribution >= 4 is 17.4 Å². The SMILES string of the molecule is CCSc1ccc(-c2cccc(NC)c2)cc1. The summed E-state index contributed by atoms with van der Waals surface area (Å²) in [5.74, 6) is 1.12. The molecular weight excluding hydrogens is 226 g/mol. The van der Waals surface area contributed by atoms with Crippen LogP contribution in [0.2, 0.25) is 0 Å². The van der Waals surface area contributed by atoms with Crippen molar-refractivity contribution in [2.75, 3.05) is 18.1 Å². The van der Waals surface area contributed by atoms with Gasteiger partial charge in [-0.3, -0.25) is 0 Å². The number of nitrogens with one attached hydrogen (secondary N) is 1. The molecule has 1 N–H and O–H groups in total. The minimum absolute atomic E-state index is 1.12. The molecule has 0 aromatic heterocycles. The van der Waals surface area contributed by atoms with Gasteiger partial charge in [-0.25, -0.2) is 0 Å². The summed E-state index contributed by atoms with van der Waals surface area (Å²) >= 11 is 1.87. The molecule has 0 unspecified atom stereocenters. The van der Waals surface area contributed by atoms with Crippen LogP contribution < -0.4 is 5.32 Å². The van der Waals surface area contributed by atoms with Crippen molar-refractivity contribution in [1.82, 2.24) is 0 Å². The molecule has 0 fully saturated rings. The van der Waals surface area contributed by atoms with Crippen LogP contribution in [0.15, 0.2) is 53.4 Å². The summed E-state index contributed by atoms with van der Waals surface area (Å²) in [6.07, 6.45) is 0. The molecule has 17 heavy (non-hydrogen) atoms. The lowest BCUT2D eigenvalue weighted by molar-refractivity contribution is 1.42. The maximum Gasteiger partial charge on any atom is 0.0343 e. The Balaban J connectivity index is 2.26. The van der Waals surface area contributed by atoms with Crippen LogP contribution in [0.4, 0.5) is 5.69 Å². The molecule has 0 radical (unpaired) electrons. The van der Waals surface area contributed by atoms with Gasteiger partial charge in [0.1, 0.15) is 0 Å². The van der Waals surface area contributed by atoms with E-state index in [0.717, 1.165) is 11.4 Å². The molecule has 0 saturated carbocycles. The monoisotopic (exact) mass is 243 g/mol. The van der Waals surface area contributed by atoms with Crippen molar-refractivity contribution in [1.29, 1.82) is 0 Å². The predicted molar refractivity (Wildman–Crippen MR) is 77.8 cm³/mol. The van der Waals surface area contributed by atoms with Crippen LogP contribution in [-0.4, -0.2) is 12.8 Å². The number of benzene rings is 2. The van der Waals surface area contributed by atoms with E-state index < -0.39 is 0 Å². The average molecular weight is 243 g/mol. The average Bonchev–Trinajstić information content (AvgIpc) is 2.40. The summed E-state index contributed by atoms with van der Waals surface area (Å²) in [4.78, 5) is 1.33. The molecule has 88 valence electrons. The first-order chi connectivity index (χ1) is 8.33. The summed E-state index contributed by atoms with van der Waals surface area (Å²) in [5, 5.41) is 3.16. The van der Waals surface area contributed by atoms with Gasteiger partial charge < -0.3 is 5.32 Å². The van der Waals surface area contributed by atoms with Gasteiger partial charge in [-0.1, -0.05) is 31.2 Å². The summed E-state index contributed by atoms with van der Waals surface area (Å²) in [5.41, 5.74) is 3.67. The molecule has 2 heteroatoms. The molecule has 2 aromatic rings. The van der Waals surface area contributed by atoms with E-state index in [0.29, 0.717) is 0 Å². The highest BCUT2D eigenvalue weighted by molar-refractivity contribution is 7.99. The fourth-order valence-electron chi connectivity index (χ4n) is 1.76. The molecule has 2 rings (SSSR count). The molecule has 0 bridgehead atoms. The molecule has 0 aliphatic heterocycles. The number of rotatable bonds is 4. The molecule has 2 aromatic carbocycles. The van der Waals surface area contributed by atoms with Gasteiger partial charge in [0.15, 0.2) is 0 Å². The Labute approximate surface area is 107 Å². The highest BCUT2D eigenvalue weighted by Crippen LogP contribution is 2.25. The van der Waals surface area contributed by atoms with E-state index in [1.54, 1.807) is 0 Å². The Hall–Kier alpha value is -1.41. The Kier molecular flexibility index (Phi) is 4.10. The van der Waals surface area contributed by atoms with Gasteiger partial charge in [0.25, 0.3) is 0 Å². The largest absolute Gasteiger partial charge is 0.388 e. The summed E-state index contributed by atoms with van der Waals surface area (Å²) in [6.45, 7) is 2.18. The molecule has 0 atom stereocenters. The number of thioether (sulfide) groups is 1. The van der Waals surface area contributed by atoms with Crippen LogP contribution in [0.5, 0.6) is 0 Å². The Bertz CT molecular complexity index is 477. The van der Waals surface area contributed by atoms with Gasteiger partial charge in [-0.15, -0.1) is 11.8 Å². The maximum atomic E-state index is 3.16. The zero-order chi connectivity index (χ0) is 12.1.